The molecule has 296 valence electrons. The minimum atomic E-state index is 0.600. The molecule has 0 fully saturated rings. The molecule has 64 heavy (non-hydrogen) atoms. The molecule has 0 saturated heterocycles. The average Bonchev–Trinajstić information content (AvgIpc) is 3.70. The Morgan fingerprint density at radius 1 is 0.281 bits per heavy atom. The summed E-state index contributed by atoms with van der Waals surface area (Å²) in [6.07, 6.45) is 0. The zero-order valence-corrected chi connectivity index (χ0v) is 34.6. The van der Waals surface area contributed by atoms with Crippen LogP contribution in [0.15, 0.2) is 218 Å². The summed E-state index contributed by atoms with van der Waals surface area (Å²) in [6, 6.07) is 78.7. The van der Waals surface area contributed by atoms with Gasteiger partial charge in [-0.15, -0.1) is 0 Å². The van der Waals surface area contributed by atoms with Crippen molar-refractivity contribution in [1.82, 2.24) is 15.0 Å². The van der Waals surface area contributed by atoms with Gasteiger partial charge in [0.2, 0.25) is 0 Å². The number of benzene rings is 10. The Morgan fingerprint density at radius 3 is 1.52 bits per heavy atom. The number of aromatic nitrogens is 3. The van der Waals surface area contributed by atoms with Crippen molar-refractivity contribution in [1.29, 1.82) is 5.26 Å². The summed E-state index contributed by atoms with van der Waals surface area (Å²) in [5.41, 5.74) is 17.0. The van der Waals surface area contributed by atoms with Gasteiger partial charge in [-0.2, -0.15) is 5.26 Å². The molecule has 0 amide bonds. The van der Waals surface area contributed by atoms with Crippen molar-refractivity contribution in [3.8, 4) is 107 Å². The van der Waals surface area contributed by atoms with Gasteiger partial charge < -0.3 is 0 Å². The second-order valence-corrected chi connectivity index (χ2v) is 16.2. The Labute approximate surface area is 371 Å². The van der Waals surface area contributed by atoms with Crippen molar-refractivity contribution in [2.45, 2.75) is 0 Å². The van der Waals surface area contributed by atoms with Crippen molar-refractivity contribution in [2.24, 2.45) is 0 Å². The molecule has 1 aliphatic rings. The van der Waals surface area contributed by atoms with Crippen LogP contribution < -0.4 is 0 Å². The smallest absolute Gasteiger partial charge is 0.164 e. The van der Waals surface area contributed by atoms with Crippen LogP contribution in [-0.2, 0) is 0 Å². The van der Waals surface area contributed by atoms with Crippen LogP contribution in [0, 0.1) is 11.3 Å². The van der Waals surface area contributed by atoms with Crippen LogP contribution in [0.25, 0.3) is 122 Å². The quantitative estimate of drug-likeness (QED) is 0.161. The van der Waals surface area contributed by atoms with Gasteiger partial charge in [-0.3, -0.25) is 0 Å². The van der Waals surface area contributed by atoms with E-state index in [0.29, 0.717) is 23.0 Å². The molecule has 1 aromatic heterocycles. The first-order valence-electron chi connectivity index (χ1n) is 21.5. The van der Waals surface area contributed by atoms with Crippen molar-refractivity contribution >= 4 is 21.5 Å². The monoisotopic (exact) mass is 812 g/mol. The third-order valence-electron chi connectivity index (χ3n) is 12.5. The van der Waals surface area contributed by atoms with E-state index in [9.17, 15) is 5.26 Å². The molecule has 0 saturated carbocycles. The molecule has 10 aromatic carbocycles. The molecule has 4 heteroatoms. The van der Waals surface area contributed by atoms with Crippen molar-refractivity contribution in [3.63, 3.8) is 0 Å². The van der Waals surface area contributed by atoms with Crippen LogP contribution in [0.4, 0.5) is 0 Å². The van der Waals surface area contributed by atoms with Gasteiger partial charge >= 0.3 is 0 Å². The van der Waals surface area contributed by atoms with Crippen LogP contribution >= 0.6 is 0 Å². The van der Waals surface area contributed by atoms with Gasteiger partial charge in [0.15, 0.2) is 17.5 Å². The summed E-state index contributed by atoms with van der Waals surface area (Å²) in [6.45, 7) is 0. The minimum absolute atomic E-state index is 0.600. The SMILES string of the molecule is N#Cc1ccc(-c2ccc(-c3nc(-c4ccccc4)nc(-c4cccc5ccccc45)n3)cc2)cc1-c1cccc(-c2ccccc2-c2ccc3c(c2)-c2cccc4cccc-3c24)c1. The van der Waals surface area contributed by atoms with Crippen molar-refractivity contribution in [3.05, 3.63) is 224 Å². The van der Waals surface area contributed by atoms with Gasteiger partial charge in [0, 0.05) is 22.3 Å². The Morgan fingerprint density at radius 2 is 0.766 bits per heavy atom. The fourth-order valence-corrected chi connectivity index (χ4v) is 9.43. The topological polar surface area (TPSA) is 62.5 Å². The van der Waals surface area contributed by atoms with E-state index >= 15 is 0 Å². The molecule has 4 nitrogen and oxygen atoms in total. The number of hydrogen-bond acceptors (Lipinski definition) is 4. The Bertz CT molecular complexity index is 3670. The first kappa shape index (κ1) is 37.0. The highest BCUT2D eigenvalue weighted by Crippen LogP contribution is 2.49. The van der Waals surface area contributed by atoms with E-state index in [1.165, 1.54) is 44.2 Å². The molecule has 0 spiro atoms. The number of nitrogens with zero attached hydrogens (tertiary/aromatic N) is 4. The number of hydrogen-bond donors (Lipinski definition) is 0. The van der Waals surface area contributed by atoms with Gasteiger partial charge in [-0.25, -0.2) is 15.0 Å². The van der Waals surface area contributed by atoms with Crippen LogP contribution in [0.2, 0.25) is 0 Å². The summed E-state index contributed by atoms with van der Waals surface area (Å²) in [7, 11) is 0. The first-order chi connectivity index (χ1) is 31.7. The standard InChI is InChI=1S/C60H36N4/c61-37-47-31-30-43(38-26-28-42(29-27-38)59-62-58(41-13-2-1-3-14-41)63-60(64-59)54-25-9-15-39-12-4-5-20-48(39)54)35-55(47)45-19-8-18-44(34-45)49-21-6-7-22-50(49)46-32-33-51-52-23-10-16-40-17-11-24-53(57(40)52)56(51)36-46/h1-36H. The predicted octanol–water partition coefficient (Wildman–Crippen LogP) is 15.4. The van der Waals surface area contributed by atoms with Gasteiger partial charge in [0.1, 0.15) is 0 Å². The summed E-state index contributed by atoms with van der Waals surface area (Å²) in [5.74, 6) is 1.85. The molecular formula is C60H36N4. The Hall–Kier alpha value is -8.78. The first-order valence-corrected chi connectivity index (χ1v) is 21.5. The van der Waals surface area contributed by atoms with E-state index in [-0.39, 0.29) is 0 Å². The van der Waals surface area contributed by atoms with E-state index in [2.05, 4.69) is 164 Å². The highest BCUT2D eigenvalue weighted by atomic mass is 15.0. The lowest BCUT2D eigenvalue weighted by Gasteiger charge is -2.14. The Balaban J connectivity index is 0.891. The van der Waals surface area contributed by atoms with Gasteiger partial charge in [0.05, 0.1) is 11.6 Å². The zero-order chi connectivity index (χ0) is 42.6. The molecule has 0 N–H and O–H groups in total. The maximum atomic E-state index is 10.4. The number of rotatable bonds is 7. The van der Waals surface area contributed by atoms with Crippen LogP contribution in [0.1, 0.15) is 5.56 Å². The third kappa shape index (κ3) is 6.35. The molecule has 1 aliphatic carbocycles. The normalized spacial score (nSPS) is 11.4. The van der Waals surface area contributed by atoms with Crippen molar-refractivity contribution < 1.29 is 0 Å². The molecule has 0 bridgehead atoms. The van der Waals surface area contributed by atoms with E-state index in [1.807, 2.05) is 60.7 Å². The molecule has 0 unspecified atom stereocenters. The predicted molar refractivity (Wildman–Crippen MR) is 262 cm³/mol. The van der Waals surface area contributed by atoms with Gasteiger partial charge in [0.25, 0.3) is 0 Å². The van der Waals surface area contributed by atoms with Crippen LogP contribution in [0.5, 0.6) is 0 Å². The molecular weight excluding hydrogens is 777 g/mol. The molecule has 0 atom stereocenters. The summed E-state index contributed by atoms with van der Waals surface area (Å²) in [5, 5.41) is 15.2. The second-order valence-electron chi connectivity index (χ2n) is 16.2. The average molecular weight is 813 g/mol. The lowest BCUT2D eigenvalue weighted by Crippen LogP contribution is -2.00. The fourth-order valence-electron chi connectivity index (χ4n) is 9.43. The number of nitriles is 1. The summed E-state index contributed by atoms with van der Waals surface area (Å²) >= 11 is 0. The molecule has 1 heterocycles. The van der Waals surface area contributed by atoms with Gasteiger partial charge in [-0.05, 0) is 107 Å². The third-order valence-corrected chi connectivity index (χ3v) is 12.5. The highest BCUT2D eigenvalue weighted by molar-refractivity contribution is 6.15. The van der Waals surface area contributed by atoms with Crippen molar-refractivity contribution in [2.75, 3.05) is 0 Å². The van der Waals surface area contributed by atoms with E-state index in [0.717, 1.165) is 60.8 Å². The highest BCUT2D eigenvalue weighted by Gasteiger charge is 2.22. The zero-order valence-electron chi connectivity index (χ0n) is 34.6. The molecule has 12 rings (SSSR count). The van der Waals surface area contributed by atoms with Crippen LogP contribution in [-0.4, -0.2) is 15.0 Å². The van der Waals surface area contributed by atoms with E-state index in [1.54, 1.807) is 0 Å². The number of fused-ring (bicyclic) bond motifs is 4. The lowest BCUT2D eigenvalue weighted by atomic mass is 9.89. The van der Waals surface area contributed by atoms with Gasteiger partial charge in [-0.1, -0.05) is 194 Å². The molecule has 11 aromatic rings. The maximum absolute atomic E-state index is 10.4. The minimum Gasteiger partial charge on any atom is -0.208 e. The lowest BCUT2D eigenvalue weighted by molar-refractivity contribution is 1.08. The van der Waals surface area contributed by atoms with E-state index in [4.69, 9.17) is 15.0 Å². The molecule has 0 radical (unpaired) electrons. The second kappa shape index (κ2) is 15.3. The fraction of sp³-hybridized carbons (Fsp3) is 0. The summed E-state index contributed by atoms with van der Waals surface area (Å²) < 4.78 is 0. The Kier molecular flexibility index (Phi) is 8.84. The summed E-state index contributed by atoms with van der Waals surface area (Å²) in [4.78, 5) is 15.0. The van der Waals surface area contributed by atoms with Crippen LogP contribution in [0.3, 0.4) is 0 Å². The molecule has 0 aliphatic heterocycles. The maximum Gasteiger partial charge on any atom is 0.164 e. The largest absolute Gasteiger partial charge is 0.208 e. The van der Waals surface area contributed by atoms with E-state index < -0.39 is 0 Å².